The molecule has 3 aliphatic rings. The van der Waals surface area contributed by atoms with Crippen molar-refractivity contribution in [3.05, 3.63) is 29.3 Å². The van der Waals surface area contributed by atoms with Gasteiger partial charge in [-0.15, -0.1) is 11.8 Å². The molecule has 2 atom stereocenters. The second-order valence-corrected chi connectivity index (χ2v) is 11.4. The van der Waals surface area contributed by atoms with E-state index in [4.69, 9.17) is 4.74 Å². The zero-order chi connectivity index (χ0) is 21.3. The zero-order valence-electron chi connectivity index (χ0n) is 17.7. The first kappa shape index (κ1) is 22.1. The summed E-state index contributed by atoms with van der Waals surface area (Å²) in [4.78, 5) is 15.6. The summed E-state index contributed by atoms with van der Waals surface area (Å²) in [6, 6.07) is 6.51. The zero-order valence-corrected chi connectivity index (χ0v) is 19.4. The van der Waals surface area contributed by atoms with Crippen molar-refractivity contribution in [3.8, 4) is 0 Å². The molecule has 30 heavy (non-hydrogen) atoms. The average molecular weight is 454 g/mol. The number of thioether (sulfide) groups is 1. The van der Waals surface area contributed by atoms with E-state index in [0.717, 1.165) is 17.7 Å². The van der Waals surface area contributed by atoms with Crippen LogP contribution in [-0.4, -0.2) is 85.1 Å². The Bertz CT molecular complexity index is 874. The first-order chi connectivity index (χ1) is 14.3. The van der Waals surface area contributed by atoms with Gasteiger partial charge >= 0.3 is 0 Å². The third kappa shape index (κ3) is 4.85. The second kappa shape index (κ2) is 9.16. The van der Waals surface area contributed by atoms with Crippen molar-refractivity contribution in [2.75, 3.05) is 45.0 Å². The van der Waals surface area contributed by atoms with Gasteiger partial charge in [0, 0.05) is 44.2 Å². The summed E-state index contributed by atoms with van der Waals surface area (Å²) in [6.07, 6.45) is 3.30. The Hall–Kier alpha value is -1.13. The van der Waals surface area contributed by atoms with Crippen molar-refractivity contribution in [1.29, 1.82) is 0 Å². The van der Waals surface area contributed by atoms with E-state index in [2.05, 4.69) is 18.2 Å². The van der Waals surface area contributed by atoms with E-state index < -0.39 is 10.2 Å². The minimum atomic E-state index is -3.52. The lowest BCUT2D eigenvalue weighted by Crippen LogP contribution is -2.57. The van der Waals surface area contributed by atoms with Crippen molar-refractivity contribution in [3.63, 3.8) is 0 Å². The molecular weight excluding hydrogens is 422 g/mol. The lowest BCUT2D eigenvalue weighted by Gasteiger charge is -2.40. The average Bonchev–Trinajstić information content (AvgIpc) is 3.19. The van der Waals surface area contributed by atoms with Crippen molar-refractivity contribution < 1.29 is 17.9 Å². The number of hydrogen-bond donors (Lipinski definition) is 0. The Morgan fingerprint density at radius 3 is 2.40 bits per heavy atom. The number of benzene rings is 1. The number of piperazine rings is 1. The highest BCUT2D eigenvalue weighted by Gasteiger charge is 2.37. The van der Waals surface area contributed by atoms with Gasteiger partial charge in [-0.1, -0.05) is 6.07 Å². The van der Waals surface area contributed by atoms with Crippen molar-refractivity contribution in [2.24, 2.45) is 0 Å². The van der Waals surface area contributed by atoms with Crippen LogP contribution in [0.3, 0.4) is 0 Å². The highest BCUT2D eigenvalue weighted by Crippen LogP contribution is 2.28. The number of nitrogens with zero attached hydrogens (tertiary/aromatic N) is 3. The quantitative estimate of drug-likeness (QED) is 0.636. The number of hydrogen-bond acceptors (Lipinski definition) is 5. The maximum Gasteiger partial charge on any atom is 0.282 e. The van der Waals surface area contributed by atoms with E-state index in [1.54, 1.807) is 16.7 Å². The van der Waals surface area contributed by atoms with Gasteiger partial charge in [0.25, 0.3) is 10.2 Å². The fourth-order valence-corrected chi connectivity index (χ4v) is 7.14. The van der Waals surface area contributed by atoms with Gasteiger partial charge in [0.1, 0.15) is 0 Å². The van der Waals surface area contributed by atoms with Gasteiger partial charge in [0.05, 0.1) is 18.0 Å². The van der Waals surface area contributed by atoms with Gasteiger partial charge in [0.2, 0.25) is 5.91 Å². The molecule has 2 saturated heterocycles. The normalized spacial score (nSPS) is 26.0. The van der Waals surface area contributed by atoms with Gasteiger partial charge in [-0.05, 0) is 56.4 Å². The molecule has 1 aromatic rings. The predicted octanol–water partition coefficient (Wildman–Crippen LogP) is 1.77. The standard InChI is InChI=1S/C21H31N3O4S2/c1-16-13-24(14-17(2)28-16)30(26,27)23-10-8-22(9-11-23)21(25)15-29-20-7-6-18-4-3-5-19(18)12-20/h6-7,12,16-17H,3-5,8-11,13-15H2,1-2H3. The molecule has 0 N–H and O–H groups in total. The van der Waals surface area contributed by atoms with Gasteiger partial charge in [0.15, 0.2) is 0 Å². The van der Waals surface area contributed by atoms with E-state index in [0.29, 0.717) is 45.0 Å². The maximum atomic E-state index is 13.0. The molecule has 0 radical (unpaired) electrons. The molecule has 4 rings (SSSR count). The van der Waals surface area contributed by atoms with E-state index in [9.17, 15) is 13.2 Å². The molecule has 166 valence electrons. The van der Waals surface area contributed by atoms with E-state index >= 15 is 0 Å². The molecule has 2 fully saturated rings. The summed E-state index contributed by atoms with van der Waals surface area (Å²) in [5.74, 6) is 0.468. The largest absolute Gasteiger partial charge is 0.373 e. The first-order valence-corrected chi connectivity index (χ1v) is 13.1. The molecule has 1 aromatic carbocycles. The number of amides is 1. The topological polar surface area (TPSA) is 70.2 Å². The summed E-state index contributed by atoms with van der Waals surface area (Å²) >= 11 is 1.57. The summed E-state index contributed by atoms with van der Waals surface area (Å²) in [6.45, 7) is 6.12. The third-order valence-corrected chi connectivity index (χ3v) is 9.01. The lowest BCUT2D eigenvalue weighted by molar-refractivity contribution is -0.129. The van der Waals surface area contributed by atoms with Gasteiger partial charge in [-0.25, -0.2) is 0 Å². The summed E-state index contributed by atoms with van der Waals surface area (Å²) in [5.41, 5.74) is 2.85. The number of morpholine rings is 1. The number of carbonyl (C=O) groups excluding carboxylic acids is 1. The molecule has 2 heterocycles. The number of carbonyl (C=O) groups is 1. The minimum Gasteiger partial charge on any atom is -0.373 e. The minimum absolute atomic E-state index is 0.0752. The van der Waals surface area contributed by atoms with Crippen LogP contribution in [0.15, 0.2) is 23.1 Å². The molecule has 2 unspecified atom stereocenters. The van der Waals surface area contributed by atoms with E-state index in [1.165, 1.54) is 26.2 Å². The fourth-order valence-electron chi connectivity index (χ4n) is 4.52. The molecule has 2 aliphatic heterocycles. The Labute approximate surface area is 183 Å². The maximum absolute atomic E-state index is 13.0. The molecule has 0 bridgehead atoms. The number of aryl methyl sites for hydroxylation is 2. The smallest absolute Gasteiger partial charge is 0.282 e. The number of fused-ring (bicyclic) bond motifs is 1. The van der Waals surface area contributed by atoms with Crippen LogP contribution < -0.4 is 0 Å². The van der Waals surface area contributed by atoms with Crippen LogP contribution >= 0.6 is 11.8 Å². The summed E-state index contributed by atoms with van der Waals surface area (Å²) < 4.78 is 34.7. The first-order valence-electron chi connectivity index (χ1n) is 10.8. The van der Waals surface area contributed by atoms with Crippen molar-refractivity contribution in [1.82, 2.24) is 13.5 Å². The molecular formula is C21H31N3O4S2. The van der Waals surface area contributed by atoms with Crippen LogP contribution in [0.4, 0.5) is 0 Å². The molecule has 0 aromatic heterocycles. The summed E-state index contributed by atoms with van der Waals surface area (Å²) in [5, 5.41) is 0. The van der Waals surface area contributed by atoms with Crippen molar-refractivity contribution >= 4 is 27.9 Å². The molecule has 7 nitrogen and oxygen atoms in total. The van der Waals surface area contributed by atoms with Gasteiger partial charge in [-0.2, -0.15) is 17.0 Å². The highest BCUT2D eigenvalue weighted by molar-refractivity contribution is 8.00. The van der Waals surface area contributed by atoms with Crippen LogP contribution in [0.2, 0.25) is 0 Å². The number of rotatable bonds is 5. The molecule has 1 aliphatic carbocycles. The Morgan fingerprint density at radius 1 is 1.03 bits per heavy atom. The predicted molar refractivity (Wildman–Crippen MR) is 118 cm³/mol. The Morgan fingerprint density at radius 2 is 1.70 bits per heavy atom. The monoisotopic (exact) mass is 453 g/mol. The van der Waals surface area contributed by atoms with Gasteiger partial charge < -0.3 is 9.64 Å². The molecule has 9 heteroatoms. The fraction of sp³-hybridized carbons (Fsp3) is 0.667. The second-order valence-electron chi connectivity index (χ2n) is 8.43. The summed E-state index contributed by atoms with van der Waals surface area (Å²) in [7, 11) is -3.52. The lowest BCUT2D eigenvalue weighted by atomic mass is 10.1. The molecule has 1 amide bonds. The number of ether oxygens (including phenoxy) is 1. The Kier molecular flexibility index (Phi) is 6.74. The SMILES string of the molecule is CC1CN(S(=O)(=O)N2CCN(C(=O)CSc3ccc4c(c3)CCC4)CC2)CC(C)O1. The van der Waals surface area contributed by atoms with Crippen LogP contribution in [-0.2, 0) is 32.6 Å². The van der Waals surface area contributed by atoms with Crippen LogP contribution in [0.5, 0.6) is 0 Å². The Balaban J connectivity index is 1.28. The van der Waals surface area contributed by atoms with Crippen LogP contribution in [0.1, 0.15) is 31.4 Å². The third-order valence-electron chi connectivity index (χ3n) is 6.06. The molecule has 0 saturated carbocycles. The van der Waals surface area contributed by atoms with Crippen molar-refractivity contribution in [2.45, 2.75) is 50.2 Å². The van der Waals surface area contributed by atoms with Gasteiger partial charge in [-0.3, -0.25) is 4.79 Å². The van der Waals surface area contributed by atoms with Crippen LogP contribution in [0.25, 0.3) is 0 Å². The molecule has 0 spiro atoms. The van der Waals surface area contributed by atoms with Crippen LogP contribution in [0, 0.1) is 0 Å². The highest BCUT2D eigenvalue weighted by atomic mass is 32.2. The van der Waals surface area contributed by atoms with E-state index in [1.807, 2.05) is 13.8 Å². The van der Waals surface area contributed by atoms with E-state index in [-0.39, 0.29) is 18.1 Å².